The molecular weight excluding hydrogens is 435 g/mol. The average Bonchev–Trinajstić information content (AvgIpc) is 3.42. The number of halogens is 3. The molecule has 10 heteroatoms. The molecule has 1 aliphatic rings. The van der Waals surface area contributed by atoms with E-state index >= 15 is 0 Å². The quantitative estimate of drug-likeness (QED) is 0.445. The van der Waals surface area contributed by atoms with Crippen molar-refractivity contribution in [3.63, 3.8) is 0 Å². The summed E-state index contributed by atoms with van der Waals surface area (Å²) in [6, 6.07) is 9.80. The van der Waals surface area contributed by atoms with Crippen LogP contribution >= 0.6 is 0 Å². The number of para-hydroxylation sites is 2. The molecule has 0 saturated carbocycles. The van der Waals surface area contributed by atoms with Gasteiger partial charge < -0.3 is 9.32 Å². The van der Waals surface area contributed by atoms with Crippen molar-refractivity contribution in [2.75, 3.05) is 13.1 Å². The minimum atomic E-state index is -4.46. The number of piperidine rings is 1. The Morgan fingerprint density at radius 2 is 1.85 bits per heavy atom. The summed E-state index contributed by atoms with van der Waals surface area (Å²) in [5.41, 5.74) is 1.66. The maximum Gasteiger partial charge on any atom is 0.417 e. The van der Waals surface area contributed by atoms with Crippen LogP contribution in [0.5, 0.6) is 0 Å². The van der Waals surface area contributed by atoms with Crippen LogP contribution in [0.15, 0.2) is 53.2 Å². The molecule has 3 aromatic heterocycles. The van der Waals surface area contributed by atoms with Gasteiger partial charge in [0.2, 0.25) is 0 Å². The molecule has 1 saturated heterocycles. The smallest absolute Gasteiger partial charge is 0.417 e. The fraction of sp³-hybridized carbons (Fsp3) is 0.304. The summed E-state index contributed by atoms with van der Waals surface area (Å²) in [6.07, 6.45) is -0.813. The number of rotatable bonds is 3. The second-order valence-corrected chi connectivity index (χ2v) is 8.04. The molecule has 1 amide bonds. The van der Waals surface area contributed by atoms with Crippen molar-refractivity contribution in [3.05, 3.63) is 71.5 Å². The molecule has 0 radical (unpaired) electrons. The molecule has 0 atom stereocenters. The number of alkyl halides is 3. The predicted molar refractivity (Wildman–Crippen MR) is 113 cm³/mol. The molecule has 0 spiro atoms. The molecule has 5 rings (SSSR count). The largest absolute Gasteiger partial charge is 0.440 e. The second-order valence-electron chi connectivity index (χ2n) is 8.04. The first kappa shape index (κ1) is 21.2. The van der Waals surface area contributed by atoms with Crippen molar-refractivity contribution >= 4 is 17.0 Å². The highest BCUT2D eigenvalue weighted by molar-refractivity contribution is 5.95. The van der Waals surface area contributed by atoms with E-state index in [-0.39, 0.29) is 17.6 Å². The summed E-state index contributed by atoms with van der Waals surface area (Å²) >= 11 is 0. The highest BCUT2D eigenvalue weighted by atomic mass is 19.4. The van der Waals surface area contributed by atoms with Crippen LogP contribution in [0.25, 0.3) is 16.9 Å². The topological polar surface area (TPSA) is 77.0 Å². The number of hydrogen-bond acceptors (Lipinski definition) is 5. The number of oxazole rings is 1. The van der Waals surface area contributed by atoms with Gasteiger partial charge in [-0.2, -0.15) is 18.3 Å². The van der Waals surface area contributed by atoms with Gasteiger partial charge in [-0.1, -0.05) is 12.1 Å². The van der Waals surface area contributed by atoms with Crippen molar-refractivity contribution < 1.29 is 22.4 Å². The summed E-state index contributed by atoms with van der Waals surface area (Å²) in [6.45, 7) is 2.79. The lowest BCUT2D eigenvalue weighted by Crippen LogP contribution is -2.38. The lowest BCUT2D eigenvalue weighted by Gasteiger charge is -2.30. The summed E-state index contributed by atoms with van der Waals surface area (Å²) in [5.74, 6) is 0.887. The van der Waals surface area contributed by atoms with Crippen LogP contribution in [0.4, 0.5) is 13.2 Å². The number of amides is 1. The summed E-state index contributed by atoms with van der Waals surface area (Å²) in [4.78, 5) is 23.3. The maximum atomic E-state index is 13.1. The van der Waals surface area contributed by atoms with E-state index in [2.05, 4.69) is 15.1 Å². The van der Waals surface area contributed by atoms with Crippen LogP contribution < -0.4 is 0 Å². The fourth-order valence-electron chi connectivity index (χ4n) is 4.09. The number of carbonyl (C=O) groups excluding carboxylic acids is 1. The van der Waals surface area contributed by atoms with Gasteiger partial charge in [-0.15, -0.1) is 0 Å². The number of pyridine rings is 1. The van der Waals surface area contributed by atoms with Crippen molar-refractivity contribution in [3.8, 4) is 5.82 Å². The third-order valence-electron chi connectivity index (χ3n) is 5.97. The molecule has 1 fully saturated rings. The number of carbonyl (C=O) groups is 1. The Morgan fingerprint density at radius 3 is 2.52 bits per heavy atom. The van der Waals surface area contributed by atoms with Gasteiger partial charge in [0.1, 0.15) is 5.52 Å². The second kappa shape index (κ2) is 8.02. The third-order valence-corrected chi connectivity index (χ3v) is 5.97. The van der Waals surface area contributed by atoms with E-state index in [0.29, 0.717) is 30.2 Å². The molecule has 170 valence electrons. The molecule has 33 heavy (non-hydrogen) atoms. The van der Waals surface area contributed by atoms with Crippen molar-refractivity contribution in [1.82, 2.24) is 24.6 Å². The van der Waals surface area contributed by atoms with E-state index in [9.17, 15) is 18.0 Å². The van der Waals surface area contributed by atoms with Crippen molar-refractivity contribution in [2.45, 2.75) is 31.9 Å². The normalized spacial score (nSPS) is 15.3. The van der Waals surface area contributed by atoms with Gasteiger partial charge in [-0.3, -0.25) is 4.79 Å². The summed E-state index contributed by atoms with van der Waals surface area (Å²) in [7, 11) is 0. The third kappa shape index (κ3) is 3.96. The predicted octanol–water partition coefficient (Wildman–Crippen LogP) is 4.76. The SMILES string of the molecule is Cc1c(C(=O)N2CCC(c3nc4ccccc4o3)CC2)cnn1-c1ccc(C(F)(F)F)cn1. The number of benzene rings is 1. The Morgan fingerprint density at radius 1 is 1.09 bits per heavy atom. The van der Waals surface area contributed by atoms with E-state index in [4.69, 9.17) is 4.42 Å². The molecule has 0 N–H and O–H groups in total. The Labute approximate surface area is 186 Å². The minimum absolute atomic E-state index is 0.140. The van der Waals surface area contributed by atoms with Crippen LogP contribution in [0.3, 0.4) is 0 Å². The molecule has 1 aliphatic heterocycles. The van der Waals surface area contributed by atoms with Crippen LogP contribution in [0.1, 0.15) is 46.3 Å². The molecule has 0 aliphatic carbocycles. The van der Waals surface area contributed by atoms with Crippen molar-refractivity contribution in [2.24, 2.45) is 0 Å². The molecule has 0 bridgehead atoms. The zero-order valence-electron chi connectivity index (χ0n) is 17.7. The Bertz CT molecular complexity index is 1270. The molecule has 4 aromatic rings. The number of fused-ring (bicyclic) bond motifs is 1. The van der Waals surface area contributed by atoms with Crippen LogP contribution in [-0.4, -0.2) is 43.6 Å². The lowest BCUT2D eigenvalue weighted by atomic mass is 9.96. The first-order valence-corrected chi connectivity index (χ1v) is 10.5. The number of nitrogens with zero attached hydrogens (tertiary/aromatic N) is 5. The fourth-order valence-corrected chi connectivity index (χ4v) is 4.09. The van der Waals surface area contributed by atoms with Gasteiger partial charge in [-0.05, 0) is 44.0 Å². The monoisotopic (exact) mass is 455 g/mol. The van der Waals surface area contributed by atoms with Gasteiger partial charge in [0.15, 0.2) is 17.3 Å². The van der Waals surface area contributed by atoms with Crippen LogP contribution in [-0.2, 0) is 6.18 Å². The highest BCUT2D eigenvalue weighted by Crippen LogP contribution is 2.31. The molecule has 0 unspecified atom stereocenters. The van der Waals surface area contributed by atoms with E-state index in [1.54, 1.807) is 11.8 Å². The lowest BCUT2D eigenvalue weighted by molar-refractivity contribution is -0.137. The minimum Gasteiger partial charge on any atom is -0.440 e. The first-order valence-electron chi connectivity index (χ1n) is 10.5. The Kier molecular flexibility index (Phi) is 5.15. The first-order chi connectivity index (χ1) is 15.8. The van der Waals surface area contributed by atoms with Gasteiger partial charge >= 0.3 is 6.18 Å². The average molecular weight is 455 g/mol. The number of hydrogen-bond donors (Lipinski definition) is 0. The number of aromatic nitrogens is 4. The highest BCUT2D eigenvalue weighted by Gasteiger charge is 2.31. The zero-order valence-corrected chi connectivity index (χ0v) is 17.7. The molecule has 4 heterocycles. The van der Waals surface area contributed by atoms with Gasteiger partial charge in [0.05, 0.1) is 23.0 Å². The molecule has 7 nitrogen and oxygen atoms in total. The summed E-state index contributed by atoms with van der Waals surface area (Å²) < 4.78 is 45.6. The zero-order chi connectivity index (χ0) is 23.2. The van der Waals surface area contributed by atoms with Gasteiger partial charge in [0, 0.05) is 25.2 Å². The summed E-state index contributed by atoms with van der Waals surface area (Å²) in [5, 5.41) is 4.18. The maximum absolute atomic E-state index is 13.1. The van der Waals surface area contributed by atoms with Crippen LogP contribution in [0.2, 0.25) is 0 Å². The van der Waals surface area contributed by atoms with Gasteiger partial charge in [0.25, 0.3) is 5.91 Å². The van der Waals surface area contributed by atoms with E-state index < -0.39 is 11.7 Å². The standard InChI is InChI=1S/C23H20F3N5O2/c1-14-17(13-28-31(14)20-7-6-16(12-27-20)23(24,25)26)22(32)30-10-8-15(9-11-30)21-29-18-4-2-3-5-19(18)33-21/h2-7,12-13,15H,8-11H2,1H3. The van der Waals surface area contributed by atoms with Gasteiger partial charge in [-0.25, -0.2) is 14.6 Å². The van der Waals surface area contributed by atoms with E-state index in [0.717, 1.165) is 36.2 Å². The Balaban J connectivity index is 1.28. The van der Waals surface area contributed by atoms with Crippen LogP contribution in [0, 0.1) is 6.92 Å². The Hall–Kier alpha value is -3.69. The molecule has 1 aromatic carbocycles. The van der Waals surface area contributed by atoms with E-state index in [1.165, 1.54) is 16.9 Å². The number of likely N-dealkylation sites (tertiary alicyclic amines) is 1. The molecular formula is C23H20F3N5O2. The van der Waals surface area contributed by atoms with E-state index in [1.807, 2.05) is 24.3 Å². The van der Waals surface area contributed by atoms with Crippen molar-refractivity contribution in [1.29, 1.82) is 0 Å².